The summed E-state index contributed by atoms with van der Waals surface area (Å²) in [5, 5.41) is 0. The maximum atomic E-state index is 0. The van der Waals surface area contributed by atoms with Crippen LogP contribution in [0.4, 0.5) is 0 Å². The van der Waals surface area contributed by atoms with Crippen molar-refractivity contribution >= 4 is 17.4 Å². The van der Waals surface area contributed by atoms with Gasteiger partial charge in [-0.05, 0) is 0 Å². The Morgan fingerprint density at radius 1 is 0.133 bits per heavy atom. The quantitative estimate of drug-likeness (QED) is 0.373. The summed E-state index contributed by atoms with van der Waals surface area (Å²) in [6, 6.07) is 0. The van der Waals surface area contributed by atoms with E-state index >= 15 is 0 Å². The maximum Gasteiger partial charge on any atom is 0.187 e. The van der Waals surface area contributed by atoms with Crippen LogP contribution in [0.3, 0.4) is 0 Å². The molecule has 0 amide bonds. The molecule has 0 unspecified atom stereocenters. The van der Waals surface area contributed by atoms with Crippen molar-refractivity contribution in [2.24, 2.45) is 0 Å². The molecule has 28 N–H and O–H groups in total. The molecule has 0 rings (SSSR count). The van der Waals surface area contributed by atoms with Gasteiger partial charge in [0.25, 0.3) is 0 Å². The Morgan fingerprint density at radius 3 is 0.133 bits per heavy atom. The zero-order valence-electron chi connectivity index (χ0n) is 7.00. The molecule has 0 aliphatic carbocycles. The summed E-state index contributed by atoms with van der Waals surface area (Å²) in [7, 11) is 0. The predicted molar refractivity (Wildman–Crippen MR) is 60.5 cm³/mol. The van der Waals surface area contributed by atoms with Crippen LogP contribution in [0.1, 0.15) is 0 Å². The van der Waals surface area contributed by atoms with Crippen LogP contribution in [-0.4, -0.2) is 94.0 Å². The van der Waals surface area contributed by atoms with E-state index in [1.807, 2.05) is 0 Å². The third kappa shape index (κ3) is 2640000. The van der Waals surface area contributed by atoms with Crippen LogP contribution in [0.25, 0.3) is 0 Å². The Labute approximate surface area is 95.0 Å². The van der Waals surface area contributed by atoms with E-state index in [9.17, 15) is 0 Å². The van der Waals surface area contributed by atoms with Crippen molar-refractivity contribution in [2.45, 2.75) is 0 Å². The third-order valence-electron chi connectivity index (χ3n) is 0. The first-order chi connectivity index (χ1) is 0. The van der Waals surface area contributed by atoms with E-state index in [1.54, 1.807) is 0 Å². The van der Waals surface area contributed by atoms with Crippen molar-refractivity contribution in [1.29, 1.82) is 0 Å². The first kappa shape index (κ1) is 3860000. The van der Waals surface area contributed by atoms with Crippen LogP contribution < -0.4 is 0 Å². The molecule has 0 fully saturated rings. The van der Waals surface area contributed by atoms with Crippen LogP contribution >= 0.6 is 0 Å². The number of rotatable bonds is 0. The Hall–Kier alpha value is -0.0275. The van der Waals surface area contributed by atoms with Gasteiger partial charge in [0.2, 0.25) is 0 Å². The summed E-state index contributed by atoms with van der Waals surface area (Å²) >= 11 is 0. The molecule has 14 nitrogen and oxygen atoms in total. The molecule has 0 bridgehead atoms. The van der Waals surface area contributed by atoms with E-state index in [0.29, 0.717) is 0 Å². The zero-order chi connectivity index (χ0) is 0. The zero-order valence-corrected chi connectivity index (χ0v) is 7.00. The molecule has 0 aromatic heterocycles. The molecule has 0 spiro atoms. The Bertz CT molecular complexity index is 5.30. The van der Waals surface area contributed by atoms with Crippen molar-refractivity contribution in [3.8, 4) is 0 Å². The summed E-state index contributed by atoms with van der Waals surface area (Å²) in [5.41, 5.74) is 0. The minimum Gasteiger partial charge on any atom is -0.412 e. The van der Waals surface area contributed by atoms with Gasteiger partial charge in [-0.25, -0.2) is 0 Å². The molecular formula is H31AlO14. The summed E-state index contributed by atoms with van der Waals surface area (Å²) in [5.74, 6) is 0. The van der Waals surface area contributed by atoms with Gasteiger partial charge in [-0.15, -0.1) is 0 Å². The SMILES string of the molecule is O.O.O.O.O.O.O.O.O.O.O.O.O.O.[AlH3]. The topological polar surface area (TPSA) is 441 Å². The van der Waals surface area contributed by atoms with E-state index in [1.165, 1.54) is 0 Å². The Balaban J connectivity index is 0. The van der Waals surface area contributed by atoms with Crippen molar-refractivity contribution in [1.82, 2.24) is 0 Å². The number of hydrogen-bond donors (Lipinski definition) is 0. The lowest BCUT2D eigenvalue weighted by molar-refractivity contribution is 0.823. The average Bonchev–Trinajstić information content (AvgIpc) is 0. The average molecular weight is 282 g/mol. The molecule has 15 heavy (non-hydrogen) atoms. The standard InChI is InChI=1S/Al.14H2O.3H/h;14*1H2;;;. The fourth-order valence-corrected chi connectivity index (χ4v) is 0. The van der Waals surface area contributed by atoms with Crippen LogP contribution in [-0.2, 0) is 0 Å². The highest BCUT2D eigenvalue weighted by Crippen LogP contribution is -0.276. The van der Waals surface area contributed by atoms with Crippen LogP contribution in [0.5, 0.6) is 0 Å². The molecule has 0 aliphatic rings. The fraction of sp³-hybridized carbons (Fsp3) is 0. The largest absolute Gasteiger partial charge is 0.412 e. The van der Waals surface area contributed by atoms with Gasteiger partial charge in [0.1, 0.15) is 0 Å². The van der Waals surface area contributed by atoms with E-state index in [2.05, 4.69) is 0 Å². The van der Waals surface area contributed by atoms with Gasteiger partial charge in [-0.2, -0.15) is 0 Å². The molecule has 0 saturated heterocycles. The molecular weight excluding hydrogens is 251 g/mol. The monoisotopic (exact) mass is 282 g/mol. The molecule has 0 radical (unpaired) electrons. The lowest BCUT2D eigenvalue weighted by atomic mass is 16.0. The van der Waals surface area contributed by atoms with E-state index in [4.69, 9.17) is 0 Å². The van der Waals surface area contributed by atoms with Gasteiger partial charge in [-0.1, -0.05) is 0 Å². The second-order valence-corrected chi connectivity index (χ2v) is 0. The van der Waals surface area contributed by atoms with Gasteiger partial charge in [-0.3, -0.25) is 0 Å². The summed E-state index contributed by atoms with van der Waals surface area (Å²) in [6.45, 7) is 0. The normalized spacial score (nSPS) is 0. The molecule has 0 saturated carbocycles. The van der Waals surface area contributed by atoms with Crippen LogP contribution in [0.2, 0.25) is 0 Å². The minimum absolute atomic E-state index is 0. The molecule has 15 heteroatoms. The van der Waals surface area contributed by atoms with Gasteiger partial charge in [0.15, 0.2) is 17.4 Å². The van der Waals surface area contributed by atoms with Gasteiger partial charge in [0.05, 0.1) is 0 Å². The smallest absolute Gasteiger partial charge is 0.187 e. The minimum atomic E-state index is 0. The second kappa shape index (κ2) is 3100000. The highest BCUT2D eigenvalue weighted by Gasteiger charge is 0.187. The van der Waals surface area contributed by atoms with Gasteiger partial charge < -0.3 is 76.7 Å². The van der Waals surface area contributed by atoms with Crippen molar-refractivity contribution < 1.29 is 76.7 Å². The summed E-state index contributed by atoms with van der Waals surface area (Å²) in [4.78, 5) is 0. The van der Waals surface area contributed by atoms with Crippen LogP contribution in [0, 0.1) is 0 Å². The Kier molecular flexibility index (Phi) is 797000000000. The lowest BCUT2D eigenvalue weighted by Gasteiger charge is -0.413. The predicted octanol–water partition coefficient (Wildman–Crippen LogP) is -12.7. The molecule has 0 aromatic carbocycles. The summed E-state index contributed by atoms with van der Waals surface area (Å²) < 4.78 is 0. The van der Waals surface area contributed by atoms with Gasteiger partial charge in [0, 0.05) is 0 Å². The third-order valence-corrected chi connectivity index (χ3v) is 0. The number of hydrogen-bond acceptors (Lipinski definition) is 0. The summed E-state index contributed by atoms with van der Waals surface area (Å²) in [6.07, 6.45) is 0. The van der Waals surface area contributed by atoms with Crippen molar-refractivity contribution in [3.63, 3.8) is 0 Å². The van der Waals surface area contributed by atoms with E-state index < -0.39 is 0 Å². The van der Waals surface area contributed by atoms with E-state index in [-0.39, 0.29) is 94.0 Å². The molecule has 0 heterocycles. The first-order valence-corrected chi connectivity index (χ1v) is 0. The highest BCUT2D eigenvalue weighted by atomic mass is 27.0. The molecule has 0 atom stereocenters. The maximum absolute atomic E-state index is 0. The molecule has 0 aliphatic heterocycles. The fourth-order valence-electron chi connectivity index (χ4n) is 0. The Morgan fingerprint density at radius 2 is 0.133 bits per heavy atom. The van der Waals surface area contributed by atoms with Crippen molar-refractivity contribution in [3.05, 3.63) is 0 Å². The van der Waals surface area contributed by atoms with Gasteiger partial charge >= 0.3 is 0 Å². The highest BCUT2D eigenvalue weighted by molar-refractivity contribution is 5.75. The lowest BCUT2D eigenvalue weighted by Crippen LogP contribution is -0.381. The second-order valence-electron chi connectivity index (χ2n) is 0. The van der Waals surface area contributed by atoms with Crippen LogP contribution in [0.15, 0.2) is 0 Å². The molecule has 0 aromatic rings. The van der Waals surface area contributed by atoms with Crippen molar-refractivity contribution in [2.75, 3.05) is 0 Å². The first-order valence-electron chi connectivity index (χ1n) is 0. The molecule has 118 valence electrons. The van der Waals surface area contributed by atoms with E-state index in [0.717, 1.165) is 0 Å².